The minimum atomic E-state index is -3.48. The van der Waals surface area contributed by atoms with E-state index in [1.54, 1.807) is 12.1 Å². The zero-order valence-electron chi connectivity index (χ0n) is 11.1. The molecule has 4 nitrogen and oxygen atoms in total. The molecule has 0 amide bonds. The van der Waals surface area contributed by atoms with Gasteiger partial charge in [-0.25, -0.2) is 13.1 Å². The molecule has 0 saturated carbocycles. The number of hydrogen-bond donors (Lipinski definition) is 2. The van der Waals surface area contributed by atoms with Crippen molar-refractivity contribution in [2.75, 3.05) is 6.54 Å². The molecule has 0 aliphatic heterocycles. The van der Waals surface area contributed by atoms with Gasteiger partial charge in [-0.05, 0) is 29.5 Å². The lowest BCUT2D eigenvalue weighted by atomic mass is 9.99. The van der Waals surface area contributed by atoms with E-state index in [0.717, 1.165) is 0 Å². The second kappa shape index (κ2) is 6.31. The number of sulfonamides is 1. The topological polar surface area (TPSA) is 66.4 Å². The molecular weight excluding hydrogens is 250 g/mol. The maximum atomic E-state index is 12.0. The average Bonchev–Trinajstić information content (AvgIpc) is 2.36. The van der Waals surface area contributed by atoms with E-state index in [2.05, 4.69) is 18.6 Å². The van der Waals surface area contributed by atoms with Gasteiger partial charge in [-0.1, -0.05) is 32.9 Å². The Morgan fingerprint density at radius 1 is 1.28 bits per heavy atom. The van der Waals surface area contributed by atoms with Crippen LogP contribution in [-0.4, -0.2) is 20.1 Å². The number of aliphatic hydroxyl groups is 1. The maximum absolute atomic E-state index is 12.0. The number of rotatable bonds is 6. The summed E-state index contributed by atoms with van der Waals surface area (Å²) in [6.45, 7) is 6.39. The Labute approximate surface area is 109 Å². The lowest BCUT2D eigenvalue weighted by Gasteiger charge is -2.16. The normalized spacial score (nSPS) is 13.8. The molecule has 0 aliphatic rings. The molecule has 0 bridgehead atoms. The van der Waals surface area contributed by atoms with Crippen LogP contribution in [0.1, 0.15) is 26.3 Å². The van der Waals surface area contributed by atoms with Crippen LogP contribution in [0.25, 0.3) is 0 Å². The first-order valence-corrected chi connectivity index (χ1v) is 7.54. The minimum Gasteiger partial charge on any atom is -0.392 e. The lowest BCUT2D eigenvalue weighted by molar-refractivity contribution is 0.281. The Morgan fingerprint density at radius 2 is 1.94 bits per heavy atom. The van der Waals surface area contributed by atoms with E-state index in [1.807, 2.05) is 6.92 Å². The van der Waals surface area contributed by atoms with Crippen molar-refractivity contribution in [2.24, 2.45) is 11.8 Å². The molecule has 1 aromatic carbocycles. The van der Waals surface area contributed by atoms with E-state index in [9.17, 15) is 8.42 Å². The zero-order chi connectivity index (χ0) is 13.8. The summed E-state index contributed by atoms with van der Waals surface area (Å²) in [4.78, 5) is 0.199. The van der Waals surface area contributed by atoms with Crippen LogP contribution in [0.5, 0.6) is 0 Å². The largest absolute Gasteiger partial charge is 0.392 e. The van der Waals surface area contributed by atoms with Crippen molar-refractivity contribution in [1.82, 2.24) is 4.72 Å². The van der Waals surface area contributed by atoms with Crippen LogP contribution < -0.4 is 4.72 Å². The van der Waals surface area contributed by atoms with Gasteiger partial charge in [0.2, 0.25) is 10.0 Å². The van der Waals surface area contributed by atoms with Crippen molar-refractivity contribution in [3.8, 4) is 0 Å². The van der Waals surface area contributed by atoms with Crippen LogP contribution in [-0.2, 0) is 16.6 Å². The molecule has 1 unspecified atom stereocenters. The SMILES string of the molecule is CC(C)C(C)CNS(=O)(=O)c1cccc(CO)c1. The van der Waals surface area contributed by atoms with Crippen LogP contribution >= 0.6 is 0 Å². The van der Waals surface area contributed by atoms with Gasteiger partial charge in [-0.3, -0.25) is 0 Å². The van der Waals surface area contributed by atoms with Crippen molar-refractivity contribution < 1.29 is 13.5 Å². The summed E-state index contributed by atoms with van der Waals surface area (Å²) in [6.07, 6.45) is 0. The third kappa shape index (κ3) is 4.08. The summed E-state index contributed by atoms with van der Waals surface area (Å²) in [5.74, 6) is 0.706. The Morgan fingerprint density at radius 3 is 2.50 bits per heavy atom. The van der Waals surface area contributed by atoms with Crippen LogP contribution in [0, 0.1) is 11.8 Å². The van der Waals surface area contributed by atoms with E-state index < -0.39 is 10.0 Å². The predicted octanol–water partition coefficient (Wildman–Crippen LogP) is 1.75. The van der Waals surface area contributed by atoms with E-state index >= 15 is 0 Å². The van der Waals surface area contributed by atoms with E-state index in [1.165, 1.54) is 12.1 Å². The molecule has 102 valence electrons. The zero-order valence-corrected chi connectivity index (χ0v) is 11.9. The van der Waals surface area contributed by atoms with Gasteiger partial charge in [0.1, 0.15) is 0 Å². The lowest BCUT2D eigenvalue weighted by Crippen LogP contribution is -2.30. The number of benzene rings is 1. The molecule has 2 N–H and O–H groups in total. The smallest absolute Gasteiger partial charge is 0.240 e. The van der Waals surface area contributed by atoms with Crippen molar-refractivity contribution >= 4 is 10.0 Å². The van der Waals surface area contributed by atoms with Crippen LogP contribution in [0.4, 0.5) is 0 Å². The highest BCUT2D eigenvalue weighted by molar-refractivity contribution is 7.89. The fourth-order valence-electron chi connectivity index (χ4n) is 1.37. The summed E-state index contributed by atoms with van der Waals surface area (Å²) in [5, 5.41) is 9.00. The number of nitrogens with one attached hydrogen (secondary N) is 1. The molecule has 18 heavy (non-hydrogen) atoms. The van der Waals surface area contributed by atoms with Crippen molar-refractivity contribution in [3.05, 3.63) is 29.8 Å². The molecule has 0 radical (unpaired) electrons. The summed E-state index contributed by atoms with van der Waals surface area (Å²) in [5.41, 5.74) is 0.592. The predicted molar refractivity (Wildman–Crippen MR) is 71.6 cm³/mol. The monoisotopic (exact) mass is 271 g/mol. The second-order valence-electron chi connectivity index (χ2n) is 4.88. The van der Waals surface area contributed by atoms with Gasteiger partial charge < -0.3 is 5.11 Å². The molecule has 1 aromatic rings. The van der Waals surface area contributed by atoms with Gasteiger partial charge in [-0.2, -0.15) is 0 Å². The van der Waals surface area contributed by atoms with Crippen LogP contribution in [0.3, 0.4) is 0 Å². The van der Waals surface area contributed by atoms with Gasteiger partial charge in [0.15, 0.2) is 0 Å². The Hall–Kier alpha value is -0.910. The molecule has 0 saturated heterocycles. The second-order valence-corrected chi connectivity index (χ2v) is 6.65. The molecule has 0 aliphatic carbocycles. The molecular formula is C13H21NO3S. The van der Waals surface area contributed by atoms with E-state index in [4.69, 9.17) is 5.11 Å². The van der Waals surface area contributed by atoms with Crippen LogP contribution in [0.2, 0.25) is 0 Å². The number of hydrogen-bond acceptors (Lipinski definition) is 3. The highest BCUT2D eigenvalue weighted by Gasteiger charge is 2.16. The highest BCUT2D eigenvalue weighted by Crippen LogP contribution is 2.13. The molecule has 1 rings (SSSR count). The molecule has 5 heteroatoms. The first-order valence-electron chi connectivity index (χ1n) is 6.06. The van der Waals surface area contributed by atoms with E-state index in [0.29, 0.717) is 18.0 Å². The summed E-state index contributed by atoms with van der Waals surface area (Å²) in [7, 11) is -3.48. The summed E-state index contributed by atoms with van der Waals surface area (Å²) < 4.78 is 26.7. The molecule has 0 fully saturated rings. The molecule has 0 spiro atoms. The minimum absolute atomic E-state index is 0.161. The first kappa shape index (κ1) is 15.1. The molecule has 0 aromatic heterocycles. The van der Waals surface area contributed by atoms with Gasteiger partial charge in [0, 0.05) is 6.54 Å². The quantitative estimate of drug-likeness (QED) is 0.828. The summed E-state index contributed by atoms with van der Waals surface area (Å²) >= 11 is 0. The van der Waals surface area contributed by atoms with Crippen molar-refractivity contribution in [1.29, 1.82) is 0 Å². The molecule has 1 atom stereocenters. The van der Waals surface area contributed by atoms with Crippen molar-refractivity contribution in [3.63, 3.8) is 0 Å². The van der Waals surface area contributed by atoms with Gasteiger partial charge in [0.25, 0.3) is 0 Å². The van der Waals surface area contributed by atoms with E-state index in [-0.39, 0.29) is 17.4 Å². The van der Waals surface area contributed by atoms with Gasteiger partial charge >= 0.3 is 0 Å². The fourth-order valence-corrected chi connectivity index (χ4v) is 2.58. The Kier molecular flexibility index (Phi) is 5.31. The first-order chi connectivity index (χ1) is 8.36. The Bertz CT molecular complexity index is 483. The Balaban J connectivity index is 2.80. The maximum Gasteiger partial charge on any atom is 0.240 e. The summed E-state index contributed by atoms with van der Waals surface area (Å²) in [6, 6.07) is 6.34. The number of aliphatic hydroxyl groups excluding tert-OH is 1. The average molecular weight is 271 g/mol. The van der Waals surface area contributed by atoms with Crippen molar-refractivity contribution in [2.45, 2.75) is 32.3 Å². The fraction of sp³-hybridized carbons (Fsp3) is 0.538. The van der Waals surface area contributed by atoms with Crippen LogP contribution in [0.15, 0.2) is 29.2 Å². The molecule has 0 heterocycles. The highest BCUT2D eigenvalue weighted by atomic mass is 32.2. The standard InChI is InChI=1S/C13H21NO3S/c1-10(2)11(3)8-14-18(16,17)13-6-4-5-12(7-13)9-15/h4-7,10-11,14-15H,8-9H2,1-3H3. The third-order valence-corrected chi connectivity index (χ3v) is 4.55. The van der Waals surface area contributed by atoms with Gasteiger partial charge in [0.05, 0.1) is 11.5 Å². The van der Waals surface area contributed by atoms with Gasteiger partial charge in [-0.15, -0.1) is 0 Å². The third-order valence-electron chi connectivity index (χ3n) is 3.12.